The number of hydrogen-bond acceptors (Lipinski definition) is 10. The monoisotopic (exact) mass is 555 g/mol. The predicted molar refractivity (Wildman–Crippen MR) is 145 cm³/mol. The molecule has 3 heterocycles. The van der Waals surface area contributed by atoms with Crippen molar-refractivity contribution in [1.29, 1.82) is 0 Å². The topological polar surface area (TPSA) is 171 Å². The Kier molecular flexibility index (Phi) is 8.35. The summed E-state index contributed by atoms with van der Waals surface area (Å²) in [6.07, 6.45) is 6.74. The lowest BCUT2D eigenvalue weighted by molar-refractivity contribution is 0.0492. The number of nitrogens with one attached hydrogen (secondary N) is 3. The number of ether oxygens (including phenoxy) is 2. The van der Waals surface area contributed by atoms with E-state index >= 15 is 4.39 Å². The number of halogens is 1. The van der Waals surface area contributed by atoms with E-state index in [1.807, 2.05) is 6.92 Å². The summed E-state index contributed by atoms with van der Waals surface area (Å²) in [5.74, 6) is -1.27. The second kappa shape index (κ2) is 11.7. The SMILES string of the molecule is COc1ncc(Nc2nc(N[C@H](C3CCC3)[C@H](C)NC(=O)OC(C)(C)C)c(F)cc2C(N)=O)cc1-n1nccn1. The van der Waals surface area contributed by atoms with Gasteiger partial charge in [-0.1, -0.05) is 6.42 Å². The van der Waals surface area contributed by atoms with Crippen molar-refractivity contribution in [1.82, 2.24) is 30.3 Å². The first-order valence-corrected chi connectivity index (χ1v) is 12.9. The van der Waals surface area contributed by atoms with Crippen molar-refractivity contribution in [2.75, 3.05) is 17.7 Å². The molecule has 0 bridgehead atoms. The highest BCUT2D eigenvalue weighted by atomic mass is 19.1. The summed E-state index contributed by atoms with van der Waals surface area (Å²) in [6.45, 7) is 7.16. The number of methoxy groups -OCH3 is 1. The van der Waals surface area contributed by atoms with Crippen LogP contribution in [0, 0.1) is 11.7 Å². The van der Waals surface area contributed by atoms with E-state index in [1.165, 1.54) is 30.5 Å². The van der Waals surface area contributed by atoms with E-state index in [2.05, 4.69) is 36.1 Å². The number of alkyl carbamates (subject to hydrolysis) is 1. The Morgan fingerprint density at radius 1 is 1.18 bits per heavy atom. The third-order valence-electron chi connectivity index (χ3n) is 6.41. The van der Waals surface area contributed by atoms with Gasteiger partial charge in [-0.3, -0.25) is 4.79 Å². The number of carbonyl (C=O) groups excluding carboxylic acids is 2. The average molecular weight is 556 g/mol. The van der Waals surface area contributed by atoms with Crippen LogP contribution < -0.4 is 26.4 Å². The molecule has 0 unspecified atom stereocenters. The highest BCUT2D eigenvalue weighted by molar-refractivity contribution is 5.98. The molecule has 14 heteroatoms. The number of rotatable bonds is 10. The Labute approximate surface area is 231 Å². The summed E-state index contributed by atoms with van der Waals surface area (Å²) in [6, 6.07) is 1.90. The molecule has 4 rings (SSSR count). The Balaban J connectivity index is 1.63. The average Bonchev–Trinajstić information content (AvgIpc) is 3.37. The third kappa shape index (κ3) is 6.74. The molecule has 1 fully saturated rings. The van der Waals surface area contributed by atoms with E-state index in [9.17, 15) is 9.59 Å². The molecule has 0 aliphatic heterocycles. The number of aromatic nitrogens is 5. The van der Waals surface area contributed by atoms with Crippen LogP contribution in [0.4, 0.5) is 26.5 Å². The van der Waals surface area contributed by atoms with Gasteiger partial charge in [0.2, 0.25) is 5.88 Å². The third-order valence-corrected chi connectivity index (χ3v) is 6.41. The second-order valence-electron chi connectivity index (χ2n) is 10.6. The largest absolute Gasteiger partial charge is 0.479 e. The van der Waals surface area contributed by atoms with Crippen LogP contribution in [-0.2, 0) is 4.74 Å². The Morgan fingerprint density at radius 3 is 2.45 bits per heavy atom. The molecule has 1 aliphatic carbocycles. The van der Waals surface area contributed by atoms with Crippen LogP contribution in [0.15, 0.2) is 30.7 Å². The van der Waals surface area contributed by atoms with Crippen molar-refractivity contribution in [3.05, 3.63) is 42.1 Å². The minimum Gasteiger partial charge on any atom is -0.479 e. The molecule has 1 aliphatic rings. The summed E-state index contributed by atoms with van der Waals surface area (Å²) < 4.78 is 25.9. The summed E-state index contributed by atoms with van der Waals surface area (Å²) in [5.41, 5.74) is 5.55. The second-order valence-corrected chi connectivity index (χ2v) is 10.6. The quantitative estimate of drug-likeness (QED) is 0.290. The molecular formula is C26H34FN9O4. The van der Waals surface area contributed by atoms with Gasteiger partial charge < -0.3 is 31.2 Å². The summed E-state index contributed by atoms with van der Waals surface area (Å²) in [5, 5.41) is 17.2. The van der Waals surface area contributed by atoms with E-state index in [4.69, 9.17) is 15.2 Å². The molecule has 0 spiro atoms. The molecule has 5 N–H and O–H groups in total. The van der Waals surface area contributed by atoms with Crippen molar-refractivity contribution in [3.63, 3.8) is 0 Å². The Hall–Kier alpha value is -4.49. The van der Waals surface area contributed by atoms with Crippen LogP contribution in [0.2, 0.25) is 0 Å². The van der Waals surface area contributed by atoms with Gasteiger partial charge >= 0.3 is 6.09 Å². The maximum Gasteiger partial charge on any atom is 0.407 e. The molecule has 40 heavy (non-hydrogen) atoms. The highest BCUT2D eigenvalue weighted by Crippen LogP contribution is 2.34. The fourth-order valence-corrected chi connectivity index (χ4v) is 4.35. The zero-order valence-electron chi connectivity index (χ0n) is 23.1. The summed E-state index contributed by atoms with van der Waals surface area (Å²) in [4.78, 5) is 34.6. The van der Waals surface area contributed by atoms with Crippen molar-refractivity contribution >= 4 is 29.3 Å². The zero-order valence-corrected chi connectivity index (χ0v) is 23.1. The van der Waals surface area contributed by atoms with Crippen LogP contribution in [0.25, 0.3) is 5.69 Å². The lowest BCUT2D eigenvalue weighted by Crippen LogP contribution is -2.51. The van der Waals surface area contributed by atoms with Gasteiger partial charge in [0.15, 0.2) is 11.6 Å². The maximum atomic E-state index is 15.3. The van der Waals surface area contributed by atoms with Crippen molar-refractivity contribution in [2.45, 2.75) is 64.6 Å². The van der Waals surface area contributed by atoms with Gasteiger partial charge in [0.25, 0.3) is 5.91 Å². The van der Waals surface area contributed by atoms with Crippen molar-refractivity contribution in [2.24, 2.45) is 11.7 Å². The van der Waals surface area contributed by atoms with E-state index in [0.29, 0.717) is 11.4 Å². The van der Waals surface area contributed by atoms with Gasteiger partial charge in [0, 0.05) is 6.04 Å². The predicted octanol–water partition coefficient (Wildman–Crippen LogP) is 3.54. The molecular weight excluding hydrogens is 521 g/mol. The lowest BCUT2D eigenvalue weighted by Gasteiger charge is -2.38. The van der Waals surface area contributed by atoms with Gasteiger partial charge in [-0.05, 0) is 58.6 Å². The van der Waals surface area contributed by atoms with Crippen LogP contribution in [-0.4, -0.2) is 61.8 Å². The normalized spacial score (nSPS) is 14.9. The van der Waals surface area contributed by atoms with Crippen LogP contribution >= 0.6 is 0 Å². The van der Waals surface area contributed by atoms with E-state index in [0.717, 1.165) is 25.3 Å². The molecule has 2 atom stereocenters. The molecule has 1 saturated carbocycles. The fourth-order valence-electron chi connectivity index (χ4n) is 4.35. The lowest BCUT2D eigenvalue weighted by atomic mass is 9.77. The molecule has 214 valence electrons. The number of nitrogens with zero attached hydrogens (tertiary/aromatic N) is 5. The van der Waals surface area contributed by atoms with Crippen molar-refractivity contribution in [3.8, 4) is 11.6 Å². The molecule has 3 aromatic rings. The van der Waals surface area contributed by atoms with Gasteiger partial charge in [-0.2, -0.15) is 10.2 Å². The molecule has 2 amide bonds. The smallest absolute Gasteiger partial charge is 0.407 e. The first-order chi connectivity index (χ1) is 18.9. The number of hydrogen-bond donors (Lipinski definition) is 4. The zero-order chi connectivity index (χ0) is 29.0. The maximum absolute atomic E-state index is 15.3. The minimum absolute atomic E-state index is 0.0165. The first-order valence-electron chi connectivity index (χ1n) is 12.9. The number of pyridine rings is 2. The molecule has 3 aromatic heterocycles. The van der Waals surface area contributed by atoms with Gasteiger partial charge in [0.1, 0.15) is 17.1 Å². The van der Waals surface area contributed by atoms with Crippen LogP contribution in [0.5, 0.6) is 5.88 Å². The Bertz CT molecular complexity index is 1360. The van der Waals surface area contributed by atoms with E-state index in [-0.39, 0.29) is 35.0 Å². The molecule has 0 aromatic carbocycles. The Morgan fingerprint density at radius 2 is 1.88 bits per heavy atom. The minimum atomic E-state index is -0.869. The summed E-state index contributed by atoms with van der Waals surface area (Å²) >= 11 is 0. The summed E-state index contributed by atoms with van der Waals surface area (Å²) in [7, 11) is 1.46. The number of nitrogens with two attached hydrogens (primary N) is 1. The number of primary amides is 1. The van der Waals surface area contributed by atoms with E-state index < -0.39 is 29.5 Å². The van der Waals surface area contributed by atoms with E-state index in [1.54, 1.807) is 26.8 Å². The van der Waals surface area contributed by atoms with Gasteiger partial charge in [0.05, 0.1) is 43.0 Å². The highest BCUT2D eigenvalue weighted by Gasteiger charge is 2.34. The van der Waals surface area contributed by atoms with Crippen molar-refractivity contribution < 1.29 is 23.5 Å². The van der Waals surface area contributed by atoms with Gasteiger partial charge in [-0.25, -0.2) is 19.2 Å². The molecule has 0 saturated heterocycles. The van der Waals surface area contributed by atoms with Crippen LogP contribution in [0.3, 0.4) is 0 Å². The number of carbonyl (C=O) groups is 2. The standard InChI is InChI=1S/C26H34FN9O4/c1-14(32-25(38)40-26(2,3)4)20(15-7-6-8-15)34-23-18(27)12-17(21(28)37)22(35-23)33-16-11-19(24(39-5)29-13-16)36-30-9-10-31-36/h9-15,20H,6-8H2,1-5H3,(H2,28,37)(H,32,38)(H2,33,34,35)/t14-,20-/m0/s1. The first kappa shape index (κ1) is 28.5. The fraction of sp³-hybridized carbons (Fsp3) is 0.462. The molecule has 0 radical (unpaired) electrons. The number of anilines is 3. The van der Waals surface area contributed by atoms with Crippen LogP contribution in [0.1, 0.15) is 57.3 Å². The molecule has 13 nitrogen and oxygen atoms in total. The number of amides is 2. The van der Waals surface area contributed by atoms with Gasteiger partial charge in [-0.15, -0.1) is 4.80 Å².